The summed E-state index contributed by atoms with van der Waals surface area (Å²) in [5.74, 6) is -0.243. The Bertz CT molecular complexity index is 1320. The number of rotatable bonds is 7. The van der Waals surface area contributed by atoms with Gasteiger partial charge in [-0.2, -0.15) is 0 Å². The molecule has 0 saturated carbocycles. The number of benzene rings is 2. The van der Waals surface area contributed by atoms with Gasteiger partial charge in [-0.05, 0) is 48.5 Å². The maximum Gasteiger partial charge on any atom is 0.257 e. The molecule has 0 aliphatic carbocycles. The Morgan fingerprint density at radius 3 is 2.41 bits per heavy atom. The van der Waals surface area contributed by atoms with Gasteiger partial charge < -0.3 is 0 Å². The van der Waals surface area contributed by atoms with E-state index in [4.69, 9.17) is 0 Å². The van der Waals surface area contributed by atoms with E-state index in [1.54, 1.807) is 42.6 Å². The van der Waals surface area contributed by atoms with Gasteiger partial charge >= 0.3 is 0 Å². The number of amides is 1. The van der Waals surface area contributed by atoms with Crippen LogP contribution in [-0.4, -0.2) is 30.5 Å². The number of thiazole rings is 1. The zero-order valence-electron chi connectivity index (χ0n) is 16.8. The summed E-state index contributed by atoms with van der Waals surface area (Å²) in [4.78, 5) is 22.3. The third-order valence-corrected chi connectivity index (χ3v) is 6.51. The van der Waals surface area contributed by atoms with Gasteiger partial charge in [0, 0.05) is 33.3 Å². The Kier molecular flexibility index (Phi) is 6.54. The normalized spacial score (nSPS) is 11.2. The van der Waals surface area contributed by atoms with Crippen molar-refractivity contribution in [3.8, 4) is 11.3 Å². The van der Waals surface area contributed by atoms with Crippen LogP contribution >= 0.6 is 23.1 Å². The molecule has 10 heteroatoms. The van der Waals surface area contributed by atoms with E-state index in [9.17, 15) is 13.2 Å². The van der Waals surface area contributed by atoms with Crippen molar-refractivity contribution in [2.24, 2.45) is 0 Å². The fraction of sp³-hybridized carbons (Fsp3) is 0.0455. The highest BCUT2D eigenvalue weighted by Crippen LogP contribution is 2.28. The monoisotopic (exact) mass is 482 g/mol. The van der Waals surface area contributed by atoms with Crippen LogP contribution in [0, 0.1) is 0 Å². The van der Waals surface area contributed by atoms with Gasteiger partial charge in [0.2, 0.25) is 10.0 Å². The summed E-state index contributed by atoms with van der Waals surface area (Å²) in [5.41, 5.74) is 2.52. The number of hydrogen-bond donors (Lipinski definition) is 2. The van der Waals surface area contributed by atoms with Gasteiger partial charge in [-0.15, -0.1) is 11.3 Å². The summed E-state index contributed by atoms with van der Waals surface area (Å²) >= 11 is 2.85. The number of nitrogens with one attached hydrogen (secondary N) is 2. The largest absolute Gasteiger partial charge is 0.298 e. The van der Waals surface area contributed by atoms with Crippen LogP contribution in [0.15, 0.2) is 88.2 Å². The minimum Gasteiger partial charge on any atom is -0.298 e. The molecule has 32 heavy (non-hydrogen) atoms. The third kappa shape index (κ3) is 5.94. The average molecular weight is 483 g/mol. The van der Waals surface area contributed by atoms with Crippen LogP contribution in [-0.2, 0) is 10.0 Å². The molecule has 4 rings (SSSR count). The van der Waals surface area contributed by atoms with Crippen molar-refractivity contribution in [3.05, 3.63) is 83.9 Å². The molecule has 0 aliphatic rings. The van der Waals surface area contributed by atoms with Crippen molar-refractivity contribution in [3.63, 3.8) is 0 Å². The van der Waals surface area contributed by atoms with Crippen LogP contribution in [0.25, 0.3) is 11.3 Å². The van der Waals surface area contributed by atoms with Gasteiger partial charge in [-0.3, -0.25) is 14.8 Å². The lowest BCUT2D eigenvalue weighted by molar-refractivity contribution is 0.102. The molecular formula is C22H18N4O3S3. The summed E-state index contributed by atoms with van der Waals surface area (Å²) in [6.07, 6.45) is 2.84. The fourth-order valence-corrected chi connectivity index (χ4v) is 4.81. The molecule has 0 spiro atoms. The van der Waals surface area contributed by atoms with Crippen LogP contribution in [0.3, 0.4) is 0 Å². The Labute approximate surface area is 194 Å². The van der Waals surface area contributed by atoms with Gasteiger partial charge in [0.25, 0.3) is 5.91 Å². The Hall–Kier alpha value is -3.21. The molecule has 0 fully saturated rings. The molecule has 1 amide bonds. The van der Waals surface area contributed by atoms with Gasteiger partial charge in [0.05, 0.1) is 11.9 Å². The molecule has 4 aromatic rings. The first kappa shape index (κ1) is 22.0. The second-order valence-corrected chi connectivity index (χ2v) is 10.4. The van der Waals surface area contributed by atoms with Crippen LogP contribution in [0.2, 0.25) is 0 Å². The zero-order valence-corrected chi connectivity index (χ0v) is 19.3. The minimum absolute atomic E-state index is 0.243. The molecular weight excluding hydrogens is 464 g/mol. The average Bonchev–Trinajstić information content (AvgIpc) is 3.23. The predicted octanol–water partition coefficient (Wildman–Crippen LogP) is 4.98. The molecule has 0 aliphatic heterocycles. The Morgan fingerprint density at radius 1 is 1.00 bits per heavy atom. The SMILES string of the molecule is CS(=O)(=O)Nc1ccc(-c2csc(NC(=O)c3ccc(Sc4ccccn4)cc3)n2)cc1. The number of anilines is 2. The number of pyridine rings is 1. The van der Waals surface area contributed by atoms with E-state index in [1.807, 2.05) is 35.7 Å². The topological polar surface area (TPSA) is 101 Å². The van der Waals surface area contributed by atoms with E-state index in [0.29, 0.717) is 22.1 Å². The van der Waals surface area contributed by atoms with Crippen molar-refractivity contribution >= 4 is 49.8 Å². The maximum absolute atomic E-state index is 12.6. The molecule has 0 saturated heterocycles. The van der Waals surface area contributed by atoms with E-state index in [0.717, 1.165) is 21.7 Å². The van der Waals surface area contributed by atoms with Crippen molar-refractivity contribution in [1.29, 1.82) is 0 Å². The fourth-order valence-electron chi connectivity index (χ4n) is 2.76. The third-order valence-electron chi connectivity index (χ3n) is 4.19. The highest BCUT2D eigenvalue weighted by Gasteiger charge is 2.11. The van der Waals surface area contributed by atoms with Crippen LogP contribution in [0.4, 0.5) is 10.8 Å². The Morgan fingerprint density at radius 2 is 1.75 bits per heavy atom. The van der Waals surface area contributed by atoms with Gasteiger partial charge in [-0.25, -0.2) is 18.4 Å². The zero-order chi connectivity index (χ0) is 22.6. The molecule has 2 N–H and O–H groups in total. The summed E-state index contributed by atoms with van der Waals surface area (Å²) in [6.45, 7) is 0. The Balaban J connectivity index is 1.39. The first-order valence-electron chi connectivity index (χ1n) is 9.40. The maximum atomic E-state index is 12.6. The van der Waals surface area contributed by atoms with Crippen LogP contribution < -0.4 is 10.0 Å². The summed E-state index contributed by atoms with van der Waals surface area (Å²) in [7, 11) is -3.32. The van der Waals surface area contributed by atoms with E-state index in [-0.39, 0.29) is 5.91 Å². The molecule has 0 radical (unpaired) electrons. The van der Waals surface area contributed by atoms with Crippen LogP contribution in [0.5, 0.6) is 0 Å². The lowest BCUT2D eigenvalue weighted by Gasteiger charge is -2.05. The molecule has 0 bridgehead atoms. The lowest BCUT2D eigenvalue weighted by atomic mass is 10.1. The quantitative estimate of drug-likeness (QED) is 0.385. The van der Waals surface area contributed by atoms with Crippen LogP contribution in [0.1, 0.15) is 10.4 Å². The van der Waals surface area contributed by atoms with Gasteiger partial charge in [0.15, 0.2) is 5.13 Å². The van der Waals surface area contributed by atoms with E-state index in [1.165, 1.54) is 23.1 Å². The molecule has 0 unspecified atom stereocenters. The number of aromatic nitrogens is 2. The van der Waals surface area contributed by atoms with Crippen molar-refractivity contribution < 1.29 is 13.2 Å². The number of carbonyl (C=O) groups is 1. The van der Waals surface area contributed by atoms with Gasteiger partial charge in [-0.1, -0.05) is 30.0 Å². The first-order valence-corrected chi connectivity index (χ1v) is 13.0. The number of nitrogens with zero attached hydrogens (tertiary/aromatic N) is 2. The number of sulfonamides is 1. The predicted molar refractivity (Wildman–Crippen MR) is 129 cm³/mol. The highest BCUT2D eigenvalue weighted by molar-refractivity contribution is 7.99. The smallest absolute Gasteiger partial charge is 0.257 e. The number of hydrogen-bond acceptors (Lipinski definition) is 7. The molecule has 2 heterocycles. The number of carbonyl (C=O) groups excluding carboxylic acids is 1. The molecule has 2 aromatic carbocycles. The van der Waals surface area contributed by atoms with Crippen molar-refractivity contribution in [1.82, 2.24) is 9.97 Å². The minimum atomic E-state index is -3.32. The summed E-state index contributed by atoms with van der Waals surface area (Å²) < 4.78 is 25.0. The second kappa shape index (κ2) is 9.51. The molecule has 2 aromatic heterocycles. The molecule has 7 nitrogen and oxygen atoms in total. The van der Waals surface area contributed by atoms with E-state index < -0.39 is 10.0 Å². The van der Waals surface area contributed by atoms with Crippen molar-refractivity contribution in [2.75, 3.05) is 16.3 Å². The summed E-state index contributed by atoms with van der Waals surface area (Å²) in [5, 5.41) is 6.02. The lowest BCUT2D eigenvalue weighted by Crippen LogP contribution is -2.11. The van der Waals surface area contributed by atoms with Crippen molar-refractivity contribution in [2.45, 2.75) is 9.92 Å². The molecule has 0 atom stereocenters. The second-order valence-electron chi connectivity index (χ2n) is 6.74. The van der Waals surface area contributed by atoms with E-state index in [2.05, 4.69) is 20.0 Å². The molecule has 162 valence electrons. The summed E-state index contributed by atoms with van der Waals surface area (Å²) in [6, 6.07) is 19.9. The van der Waals surface area contributed by atoms with Gasteiger partial charge in [0.1, 0.15) is 5.03 Å². The first-order chi connectivity index (χ1) is 15.4. The standard InChI is InChI=1S/C22H18N4O3S3/c1-32(28,29)26-17-9-5-15(6-10-17)19-14-30-22(24-19)25-21(27)16-7-11-18(12-8-16)31-20-4-2-3-13-23-20/h2-14,26H,1H3,(H,24,25,27). The van der Waals surface area contributed by atoms with E-state index >= 15 is 0 Å². The highest BCUT2D eigenvalue weighted by atomic mass is 32.2.